The molecular weight excluding hydrogens is 307 g/mol. The number of benzene rings is 1. The third-order valence-electron chi connectivity index (χ3n) is 4.19. The highest BCUT2D eigenvalue weighted by Gasteiger charge is 2.14. The molecule has 0 heterocycles. The SMILES string of the molecule is CN=C(NCCNC(=O)Cc1ccc(F)cc1)NC1CCCCC1. The van der Waals surface area contributed by atoms with E-state index >= 15 is 0 Å². The molecule has 0 aliphatic heterocycles. The number of carbonyl (C=O) groups is 1. The predicted molar refractivity (Wildman–Crippen MR) is 94.5 cm³/mol. The van der Waals surface area contributed by atoms with Crippen LogP contribution < -0.4 is 16.0 Å². The average molecular weight is 334 g/mol. The van der Waals surface area contributed by atoms with Gasteiger partial charge in [-0.25, -0.2) is 4.39 Å². The second-order valence-corrected chi connectivity index (χ2v) is 6.13. The van der Waals surface area contributed by atoms with Crippen LogP contribution in [0, 0.1) is 5.82 Å². The van der Waals surface area contributed by atoms with Crippen molar-refractivity contribution in [1.82, 2.24) is 16.0 Å². The molecule has 1 amide bonds. The average Bonchev–Trinajstić information content (AvgIpc) is 2.60. The summed E-state index contributed by atoms with van der Waals surface area (Å²) in [7, 11) is 1.76. The molecule has 1 saturated carbocycles. The summed E-state index contributed by atoms with van der Waals surface area (Å²) in [6.07, 6.45) is 6.51. The van der Waals surface area contributed by atoms with Crippen LogP contribution in [0.15, 0.2) is 29.3 Å². The van der Waals surface area contributed by atoms with Crippen molar-refractivity contribution in [2.75, 3.05) is 20.1 Å². The van der Waals surface area contributed by atoms with Crippen LogP contribution in [0.4, 0.5) is 4.39 Å². The number of guanidine groups is 1. The van der Waals surface area contributed by atoms with Crippen molar-refractivity contribution in [1.29, 1.82) is 0 Å². The van der Waals surface area contributed by atoms with E-state index in [1.165, 1.54) is 44.2 Å². The van der Waals surface area contributed by atoms with Gasteiger partial charge in [0.2, 0.25) is 5.91 Å². The van der Waals surface area contributed by atoms with Crippen LogP contribution in [-0.2, 0) is 11.2 Å². The smallest absolute Gasteiger partial charge is 0.224 e. The molecule has 0 radical (unpaired) electrons. The highest BCUT2D eigenvalue weighted by molar-refractivity contribution is 5.80. The summed E-state index contributed by atoms with van der Waals surface area (Å²) in [6, 6.07) is 6.49. The molecule has 0 atom stereocenters. The highest BCUT2D eigenvalue weighted by Crippen LogP contribution is 2.17. The first-order valence-electron chi connectivity index (χ1n) is 8.65. The Bertz CT molecular complexity index is 538. The standard InChI is InChI=1S/C18H27FN4O/c1-20-18(23-16-5-3-2-4-6-16)22-12-11-21-17(24)13-14-7-9-15(19)10-8-14/h7-10,16H,2-6,11-13H2,1H3,(H,21,24)(H2,20,22,23). The van der Waals surface area contributed by atoms with E-state index in [1.54, 1.807) is 19.2 Å². The van der Waals surface area contributed by atoms with Gasteiger partial charge in [0.1, 0.15) is 5.82 Å². The third-order valence-corrected chi connectivity index (χ3v) is 4.19. The van der Waals surface area contributed by atoms with Crippen molar-refractivity contribution in [3.8, 4) is 0 Å². The summed E-state index contributed by atoms with van der Waals surface area (Å²) in [5.41, 5.74) is 0.802. The van der Waals surface area contributed by atoms with E-state index in [9.17, 15) is 9.18 Å². The van der Waals surface area contributed by atoms with Gasteiger partial charge in [-0.2, -0.15) is 0 Å². The van der Waals surface area contributed by atoms with Gasteiger partial charge in [0.05, 0.1) is 6.42 Å². The molecular formula is C18H27FN4O. The van der Waals surface area contributed by atoms with Gasteiger partial charge in [0.15, 0.2) is 5.96 Å². The molecule has 1 aromatic carbocycles. The van der Waals surface area contributed by atoms with Crippen LogP contribution in [0.3, 0.4) is 0 Å². The maximum Gasteiger partial charge on any atom is 0.224 e. The molecule has 6 heteroatoms. The van der Waals surface area contributed by atoms with Crippen LogP contribution >= 0.6 is 0 Å². The fourth-order valence-corrected chi connectivity index (χ4v) is 2.87. The van der Waals surface area contributed by atoms with E-state index in [0.29, 0.717) is 19.1 Å². The number of nitrogens with zero attached hydrogens (tertiary/aromatic N) is 1. The van der Waals surface area contributed by atoms with E-state index in [2.05, 4.69) is 20.9 Å². The van der Waals surface area contributed by atoms with Crippen molar-refractivity contribution >= 4 is 11.9 Å². The molecule has 0 saturated heterocycles. The number of carbonyl (C=O) groups excluding carboxylic acids is 1. The number of amides is 1. The van der Waals surface area contributed by atoms with Gasteiger partial charge >= 0.3 is 0 Å². The molecule has 0 bridgehead atoms. The third kappa shape index (κ3) is 6.56. The number of hydrogen-bond acceptors (Lipinski definition) is 2. The molecule has 24 heavy (non-hydrogen) atoms. The first-order valence-corrected chi connectivity index (χ1v) is 8.65. The van der Waals surface area contributed by atoms with Crippen molar-refractivity contribution in [2.24, 2.45) is 4.99 Å². The summed E-state index contributed by atoms with van der Waals surface area (Å²) in [6.45, 7) is 1.13. The molecule has 0 unspecified atom stereocenters. The van der Waals surface area contributed by atoms with E-state index in [1.807, 2.05) is 0 Å². The molecule has 2 rings (SSSR count). The molecule has 1 aliphatic carbocycles. The zero-order valence-corrected chi connectivity index (χ0v) is 14.3. The van der Waals surface area contributed by atoms with Gasteiger partial charge in [-0.15, -0.1) is 0 Å². The first-order chi connectivity index (χ1) is 11.7. The zero-order valence-electron chi connectivity index (χ0n) is 14.3. The molecule has 0 aromatic heterocycles. The quantitative estimate of drug-likeness (QED) is 0.423. The maximum atomic E-state index is 12.8. The Morgan fingerprint density at radius 1 is 1.12 bits per heavy atom. The van der Waals surface area contributed by atoms with E-state index in [-0.39, 0.29) is 18.1 Å². The minimum absolute atomic E-state index is 0.0707. The Balaban J connectivity index is 1.62. The summed E-state index contributed by atoms with van der Waals surface area (Å²) >= 11 is 0. The summed E-state index contributed by atoms with van der Waals surface area (Å²) in [5, 5.41) is 9.50. The van der Waals surface area contributed by atoms with Gasteiger partial charge in [-0.05, 0) is 30.5 Å². The summed E-state index contributed by atoms with van der Waals surface area (Å²) in [4.78, 5) is 16.1. The van der Waals surface area contributed by atoms with Gasteiger partial charge in [-0.3, -0.25) is 9.79 Å². The molecule has 1 aromatic rings. The Labute approximate surface area is 143 Å². The lowest BCUT2D eigenvalue weighted by molar-refractivity contribution is -0.120. The van der Waals surface area contributed by atoms with Crippen molar-refractivity contribution < 1.29 is 9.18 Å². The van der Waals surface area contributed by atoms with Crippen LogP contribution in [0.5, 0.6) is 0 Å². The minimum atomic E-state index is -0.291. The summed E-state index contributed by atoms with van der Waals surface area (Å²) in [5.74, 6) is 0.425. The van der Waals surface area contributed by atoms with Gasteiger partial charge in [0, 0.05) is 26.2 Å². The lowest BCUT2D eigenvalue weighted by Gasteiger charge is -2.24. The normalized spacial score (nSPS) is 15.8. The number of aliphatic imine (C=N–C) groups is 1. The lowest BCUT2D eigenvalue weighted by atomic mass is 9.96. The van der Waals surface area contributed by atoms with Crippen LogP contribution in [0.1, 0.15) is 37.7 Å². The van der Waals surface area contributed by atoms with Crippen molar-refractivity contribution in [2.45, 2.75) is 44.6 Å². The Kier molecular flexibility index (Phi) is 7.52. The predicted octanol–water partition coefficient (Wildman–Crippen LogP) is 1.98. The lowest BCUT2D eigenvalue weighted by Crippen LogP contribution is -2.46. The second-order valence-electron chi connectivity index (χ2n) is 6.13. The van der Waals surface area contributed by atoms with Gasteiger partial charge < -0.3 is 16.0 Å². The highest BCUT2D eigenvalue weighted by atomic mass is 19.1. The fraction of sp³-hybridized carbons (Fsp3) is 0.556. The van der Waals surface area contributed by atoms with Crippen LogP contribution in [0.2, 0.25) is 0 Å². The van der Waals surface area contributed by atoms with Crippen LogP contribution in [-0.4, -0.2) is 38.0 Å². The Morgan fingerprint density at radius 2 is 1.79 bits per heavy atom. The topological polar surface area (TPSA) is 65.5 Å². The number of halogens is 1. The molecule has 5 nitrogen and oxygen atoms in total. The largest absolute Gasteiger partial charge is 0.355 e. The fourth-order valence-electron chi connectivity index (χ4n) is 2.87. The first kappa shape index (κ1) is 18.2. The maximum absolute atomic E-state index is 12.8. The molecule has 3 N–H and O–H groups in total. The van der Waals surface area contributed by atoms with E-state index < -0.39 is 0 Å². The van der Waals surface area contributed by atoms with Crippen molar-refractivity contribution in [3.05, 3.63) is 35.6 Å². The van der Waals surface area contributed by atoms with Crippen LogP contribution in [0.25, 0.3) is 0 Å². The van der Waals surface area contributed by atoms with E-state index in [0.717, 1.165) is 11.5 Å². The Morgan fingerprint density at radius 3 is 2.46 bits per heavy atom. The number of nitrogens with one attached hydrogen (secondary N) is 3. The molecule has 132 valence electrons. The molecule has 0 spiro atoms. The molecule has 1 aliphatic rings. The van der Waals surface area contributed by atoms with Gasteiger partial charge in [-0.1, -0.05) is 31.4 Å². The summed E-state index contributed by atoms with van der Waals surface area (Å²) < 4.78 is 12.8. The minimum Gasteiger partial charge on any atom is -0.355 e. The monoisotopic (exact) mass is 334 g/mol. The Hall–Kier alpha value is -2.11. The second kappa shape index (κ2) is 9.90. The molecule has 1 fully saturated rings. The van der Waals surface area contributed by atoms with Gasteiger partial charge in [0.25, 0.3) is 0 Å². The van der Waals surface area contributed by atoms with E-state index in [4.69, 9.17) is 0 Å². The zero-order chi connectivity index (χ0) is 17.2. The number of rotatable bonds is 6. The number of hydrogen-bond donors (Lipinski definition) is 3. The van der Waals surface area contributed by atoms with Crippen molar-refractivity contribution in [3.63, 3.8) is 0 Å².